The van der Waals surface area contributed by atoms with Crippen LogP contribution in [-0.4, -0.2) is 17.8 Å². The second-order valence-corrected chi connectivity index (χ2v) is 4.03. The van der Waals surface area contributed by atoms with Crippen LogP contribution in [0.15, 0.2) is 22.7 Å². The summed E-state index contributed by atoms with van der Waals surface area (Å²) in [5.41, 5.74) is 0. The van der Waals surface area contributed by atoms with Crippen molar-refractivity contribution in [3.05, 3.63) is 27.7 Å². The van der Waals surface area contributed by atoms with E-state index >= 15 is 0 Å². The van der Waals surface area contributed by atoms with Crippen LogP contribution < -0.4 is 4.74 Å². The van der Waals surface area contributed by atoms with E-state index in [1.54, 1.807) is 25.1 Å². The van der Waals surface area contributed by atoms with Gasteiger partial charge < -0.3 is 9.84 Å². The first-order valence-electron chi connectivity index (χ1n) is 3.85. The van der Waals surface area contributed by atoms with Crippen LogP contribution in [0.2, 0.25) is 5.02 Å². The number of hydrogen-bond donors (Lipinski definition) is 1. The highest BCUT2D eigenvalue weighted by Crippen LogP contribution is 2.27. The van der Waals surface area contributed by atoms with Gasteiger partial charge in [-0.2, -0.15) is 0 Å². The van der Waals surface area contributed by atoms with Gasteiger partial charge in [-0.3, -0.25) is 0 Å². The van der Waals surface area contributed by atoms with E-state index in [9.17, 15) is 0 Å². The molecular weight excluding hydrogens is 255 g/mol. The van der Waals surface area contributed by atoms with Crippen molar-refractivity contribution < 1.29 is 9.84 Å². The Hall–Kier alpha value is -0.250. The minimum Gasteiger partial charge on any atom is -0.490 e. The summed E-state index contributed by atoms with van der Waals surface area (Å²) >= 11 is 9.05. The topological polar surface area (TPSA) is 29.5 Å². The highest BCUT2D eigenvalue weighted by molar-refractivity contribution is 9.10. The lowest BCUT2D eigenvalue weighted by atomic mass is 10.3. The third-order valence-electron chi connectivity index (χ3n) is 1.37. The molecule has 0 aliphatic carbocycles. The molecule has 0 saturated heterocycles. The molecule has 13 heavy (non-hydrogen) atoms. The molecule has 0 amide bonds. The van der Waals surface area contributed by atoms with Gasteiger partial charge in [0.2, 0.25) is 0 Å². The number of ether oxygens (including phenoxy) is 1. The van der Waals surface area contributed by atoms with E-state index in [1.165, 1.54) is 0 Å². The van der Waals surface area contributed by atoms with E-state index < -0.39 is 6.10 Å². The van der Waals surface area contributed by atoms with Crippen molar-refractivity contribution in [3.8, 4) is 5.75 Å². The Bertz CT molecular complexity index is 289. The maximum absolute atomic E-state index is 8.99. The third-order valence-corrected chi connectivity index (χ3v) is 2.23. The number of aliphatic hydroxyl groups excluding tert-OH is 1. The molecule has 0 spiro atoms. The molecule has 1 rings (SSSR count). The molecule has 4 heteroatoms. The first kappa shape index (κ1) is 10.8. The number of benzene rings is 1. The maximum atomic E-state index is 8.99. The smallest absolute Gasteiger partial charge is 0.133 e. The predicted molar refractivity (Wildman–Crippen MR) is 56.3 cm³/mol. The van der Waals surface area contributed by atoms with Gasteiger partial charge >= 0.3 is 0 Å². The van der Waals surface area contributed by atoms with Gasteiger partial charge in [0.25, 0.3) is 0 Å². The molecule has 1 aromatic rings. The lowest BCUT2D eigenvalue weighted by Gasteiger charge is -2.09. The van der Waals surface area contributed by atoms with Gasteiger partial charge in [0, 0.05) is 5.02 Å². The molecule has 1 N–H and O–H groups in total. The Balaban J connectivity index is 2.67. The summed E-state index contributed by atoms with van der Waals surface area (Å²) in [4.78, 5) is 0. The molecule has 0 heterocycles. The molecule has 0 bridgehead atoms. The standard InChI is InChI=1S/C9H10BrClO2/c1-6(12)5-13-9-3-2-7(11)4-8(9)10/h2-4,6,12H,5H2,1H3/t6-/m1/s1. The summed E-state index contributed by atoms with van der Waals surface area (Å²) in [5.74, 6) is 0.685. The summed E-state index contributed by atoms with van der Waals surface area (Å²) in [5, 5.41) is 9.64. The molecule has 2 nitrogen and oxygen atoms in total. The molecule has 0 saturated carbocycles. The van der Waals surface area contributed by atoms with E-state index in [2.05, 4.69) is 15.9 Å². The Labute approximate surface area is 90.6 Å². The molecule has 0 fully saturated rings. The highest BCUT2D eigenvalue weighted by atomic mass is 79.9. The molecular formula is C9H10BrClO2. The lowest BCUT2D eigenvalue weighted by molar-refractivity contribution is 0.122. The Kier molecular flexibility index (Phi) is 4.03. The van der Waals surface area contributed by atoms with Gasteiger partial charge in [-0.1, -0.05) is 11.6 Å². The molecule has 0 radical (unpaired) electrons. The molecule has 0 aliphatic heterocycles. The van der Waals surface area contributed by atoms with E-state index in [1.807, 2.05) is 0 Å². The predicted octanol–water partition coefficient (Wildman–Crippen LogP) is 2.86. The fourth-order valence-electron chi connectivity index (χ4n) is 0.803. The quantitative estimate of drug-likeness (QED) is 0.911. The number of hydrogen-bond acceptors (Lipinski definition) is 2. The zero-order valence-corrected chi connectivity index (χ0v) is 9.47. The largest absolute Gasteiger partial charge is 0.490 e. The average Bonchev–Trinajstić information content (AvgIpc) is 2.02. The van der Waals surface area contributed by atoms with Crippen LogP contribution in [0.25, 0.3) is 0 Å². The molecule has 72 valence electrons. The van der Waals surface area contributed by atoms with E-state index in [0.717, 1.165) is 4.47 Å². The summed E-state index contributed by atoms with van der Waals surface area (Å²) in [6.07, 6.45) is -0.470. The van der Waals surface area contributed by atoms with Crippen molar-refractivity contribution in [2.75, 3.05) is 6.61 Å². The van der Waals surface area contributed by atoms with Crippen molar-refractivity contribution >= 4 is 27.5 Å². The second-order valence-electron chi connectivity index (χ2n) is 2.73. The van der Waals surface area contributed by atoms with Crippen LogP contribution >= 0.6 is 27.5 Å². The van der Waals surface area contributed by atoms with Crippen molar-refractivity contribution in [2.45, 2.75) is 13.0 Å². The van der Waals surface area contributed by atoms with Crippen LogP contribution in [-0.2, 0) is 0 Å². The summed E-state index contributed by atoms with van der Waals surface area (Å²) < 4.78 is 6.09. The van der Waals surface area contributed by atoms with Crippen molar-refractivity contribution in [1.29, 1.82) is 0 Å². The Morgan fingerprint density at radius 2 is 2.31 bits per heavy atom. The van der Waals surface area contributed by atoms with E-state index in [0.29, 0.717) is 10.8 Å². The summed E-state index contributed by atoms with van der Waals surface area (Å²) in [6.45, 7) is 1.95. The Morgan fingerprint density at radius 3 is 2.85 bits per heavy atom. The first-order valence-corrected chi connectivity index (χ1v) is 5.02. The zero-order chi connectivity index (χ0) is 9.84. The number of rotatable bonds is 3. The van der Waals surface area contributed by atoms with Gasteiger partial charge in [-0.15, -0.1) is 0 Å². The average molecular weight is 266 g/mol. The van der Waals surface area contributed by atoms with E-state index in [4.69, 9.17) is 21.4 Å². The van der Waals surface area contributed by atoms with Crippen molar-refractivity contribution in [2.24, 2.45) is 0 Å². The highest BCUT2D eigenvalue weighted by Gasteiger charge is 2.03. The molecule has 1 aromatic carbocycles. The Morgan fingerprint density at radius 1 is 1.62 bits per heavy atom. The van der Waals surface area contributed by atoms with Crippen LogP contribution in [0, 0.1) is 0 Å². The monoisotopic (exact) mass is 264 g/mol. The molecule has 0 aliphatic rings. The van der Waals surface area contributed by atoms with Crippen molar-refractivity contribution in [3.63, 3.8) is 0 Å². The second kappa shape index (κ2) is 4.84. The minimum atomic E-state index is -0.470. The first-order chi connectivity index (χ1) is 6.09. The van der Waals surface area contributed by atoms with Crippen LogP contribution in [0.1, 0.15) is 6.92 Å². The van der Waals surface area contributed by atoms with Gasteiger partial charge in [-0.05, 0) is 41.1 Å². The zero-order valence-electron chi connectivity index (χ0n) is 7.13. The van der Waals surface area contributed by atoms with Crippen LogP contribution in [0.3, 0.4) is 0 Å². The van der Waals surface area contributed by atoms with Crippen molar-refractivity contribution in [1.82, 2.24) is 0 Å². The minimum absolute atomic E-state index is 0.278. The van der Waals surface area contributed by atoms with E-state index in [-0.39, 0.29) is 6.61 Å². The molecule has 0 aromatic heterocycles. The fraction of sp³-hybridized carbons (Fsp3) is 0.333. The van der Waals surface area contributed by atoms with Gasteiger partial charge in [0.15, 0.2) is 0 Å². The normalized spacial score (nSPS) is 12.6. The number of halogens is 2. The molecule has 1 atom stereocenters. The fourth-order valence-corrected chi connectivity index (χ4v) is 1.60. The summed E-state index contributed by atoms with van der Waals surface area (Å²) in [7, 11) is 0. The SMILES string of the molecule is C[C@@H](O)COc1ccc(Cl)cc1Br. The van der Waals surface area contributed by atoms with Gasteiger partial charge in [0.05, 0.1) is 10.6 Å². The lowest BCUT2D eigenvalue weighted by Crippen LogP contribution is -2.12. The third kappa shape index (κ3) is 3.55. The number of aliphatic hydroxyl groups is 1. The maximum Gasteiger partial charge on any atom is 0.133 e. The summed E-state index contributed by atoms with van der Waals surface area (Å²) in [6, 6.07) is 5.25. The molecule has 0 unspecified atom stereocenters. The van der Waals surface area contributed by atoms with Gasteiger partial charge in [-0.25, -0.2) is 0 Å². The van der Waals surface area contributed by atoms with Crippen LogP contribution in [0.4, 0.5) is 0 Å². The van der Waals surface area contributed by atoms with Crippen LogP contribution in [0.5, 0.6) is 5.75 Å². The van der Waals surface area contributed by atoms with Gasteiger partial charge in [0.1, 0.15) is 12.4 Å².